The number of rotatable bonds is 6. The maximum atomic E-state index is 14.3. The van der Waals surface area contributed by atoms with Gasteiger partial charge in [0.25, 0.3) is 0 Å². The largest absolute Gasteiger partial charge is 0.497 e. The molecular weight excluding hydrogens is 493 g/mol. The van der Waals surface area contributed by atoms with Crippen molar-refractivity contribution in [2.45, 2.75) is 19.4 Å². The maximum absolute atomic E-state index is 14.3. The van der Waals surface area contributed by atoms with Crippen molar-refractivity contribution in [2.75, 3.05) is 20.2 Å². The Morgan fingerprint density at radius 3 is 2.77 bits per heavy atom. The zero-order valence-electron chi connectivity index (χ0n) is 21.4. The number of benzene rings is 1. The third kappa shape index (κ3) is 4.40. The number of nitrogens with zero attached hydrogens (tertiary/aromatic N) is 5. The summed E-state index contributed by atoms with van der Waals surface area (Å²) in [5, 5.41) is 8.53. The van der Waals surface area contributed by atoms with E-state index in [-0.39, 0.29) is 5.82 Å². The van der Waals surface area contributed by atoms with Crippen molar-refractivity contribution in [1.82, 2.24) is 35.0 Å². The molecule has 0 bridgehead atoms. The maximum Gasteiger partial charge on any atom is 0.138 e. The summed E-state index contributed by atoms with van der Waals surface area (Å²) in [4.78, 5) is 19.8. The summed E-state index contributed by atoms with van der Waals surface area (Å²) in [6.45, 7) is 3.18. The lowest BCUT2D eigenvalue weighted by molar-refractivity contribution is 0.331. The molecule has 39 heavy (non-hydrogen) atoms. The van der Waals surface area contributed by atoms with E-state index in [4.69, 9.17) is 9.72 Å². The molecule has 1 saturated heterocycles. The molecule has 1 fully saturated rings. The van der Waals surface area contributed by atoms with Crippen LogP contribution in [0, 0.1) is 5.82 Å². The lowest BCUT2D eigenvalue weighted by atomic mass is 10.0. The van der Waals surface area contributed by atoms with Gasteiger partial charge in [-0.2, -0.15) is 5.10 Å². The van der Waals surface area contributed by atoms with E-state index in [1.807, 2.05) is 42.7 Å². The van der Waals surface area contributed by atoms with Gasteiger partial charge >= 0.3 is 0 Å². The first kappa shape index (κ1) is 23.5. The number of nitrogens with one attached hydrogen (secondary N) is 2. The molecule has 2 N–H and O–H groups in total. The van der Waals surface area contributed by atoms with Crippen LogP contribution >= 0.6 is 0 Å². The van der Waals surface area contributed by atoms with Gasteiger partial charge in [0, 0.05) is 42.2 Å². The molecule has 1 aliphatic rings. The van der Waals surface area contributed by atoms with Gasteiger partial charge in [-0.15, -0.1) is 0 Å². The molecule has 0 spiro atoms. The van der Waals surface area contributed by atoms with Crippen molar-refractivity contribution in [3.05, 3.63) is 78.5 Å². The van der Waals surface area contributed by atoms with Crippen LogP contribution in [-0.4, -0.2) is 55.2 Å². The van der Waals surface area contributed by atoms with Crippen molar-refractivity contribution in [2.24, 2.45) is 0 Å². The quantitative estimate of drug-likeness (QED) is 0.281. The van der Waals surface area contributed by atoms with E-state index >= 15 is 0 Å². The van der Waals surface area contributed by atoms with Crippen LogP contribution in [0.25, 0.3) is 55.8 Å². The van der Waals surface area contributed by atoms with Crippen LogP contribution in [0.3, 0.4) is 0 Å². The van der Waals surface area contributed by atoms with Crippen LogP contribution in [0.1, 0.15) is 18.4 Å². The predicted molar refractivity (Wildman–Crippen MR) is 149 cm³/mol. The number of halogens is 1. The van der Waals surface area contributed by atoms with Gasteiger partial charge in [0.05, 0.1) is 24.0 Å². The molecule has 0 amide bonds. The molecule has 8 nitrogen and oxygen atoms in total. The fraction of sp³-hybridized carbons (Fsp3) is 0.200. The Balaban J connectivity index is 1.28. The van der Waals surface area contributed by atoms with Crippen molar-refractivity contribution < 1.29 is 9.13 Å². The molecular formula is C30H26FN7O. The normalized spacial score (nSPS) is 14.0. The minimum Gasteiger partial charge on any atom is -0.497 e. The summed E-state index contributed by atoms with van der Waals surface area (Å²) >= 11 is 0. The van der Waals surface area contributed by atoms with Gasteiger partial charge in [-0.05, 0) is 85.1 Å². The molecule has 194 valence electrons. The van der Waals surface area contributed by atoms with Crippen LogP contribution in [0.2, 0.25) is 0 Å². The molecule has 5 aromatic heterocycles. The number of aromatic nitrogens is 6. The lowest BCUT2D eigenvalue weighted by Gasteiger charge is -2.14. The molecule has 7 rings (SSSR count). The monoisotopic (exact) mass is 519 g/mol. The van der Waals surface area contributed by atoms with Gasteiger partial charge < -0.3 is 9.72 Å². The van der Waals surface area contributed by atoms with Gasteiger partial charge in [-0.25, -0.2) is 14.4 Å². The van der Waals surface area contributed by atoms with E-state index in [9.17, 15) is 4.39 Å². The summed E-state index contributed by atoms with van der Waals surface area (Å²) in [6, 6.07) is 14.7. The molecule has 6 heterocycles. The Morgan fingerprint density at radius 2 is 1.90 bits per heavy atom. The molecule has 0 radical (unpaired) electrons. The number of pyridine rings is 3. The Kier molecular flexibility index (Phi) is 5.78. The van der Waals surface area contributed by atoms with Gasteiger partial charge in [0.15, 0.2) is 0 Å². The standard InChI is InChI=1S/C30H26FN7O/c1-39-22-12-19(11-21(31)13-22)23-6-7-33-30-24(23)14-27(35-30)29-28-26(36-37-29)5-4-25(34-28)20-10-18(15-32-16-20)17-38-8-2-3-9-38/h4-7,10-16H,2-3,8-9,17H2,1H3,(H,33,35)(H,36,37). The van der Waals surface area contributed by atoms with Gasteiger partial charge in [0.1, 0.15) is 28.4 Å². The Hall–Kier alpha value is -4.63. The van der Waals surface area contributed by atoms with E-state index in [1.165, 1.54) is 37.6 Å². The third-order valence-electron chi connectivity index (χ3n) is 7.31. The van der Waals surface area contributed by atoms with Gasteiger partial charge in [0.2, 0.25) is 0 Å². The predicted octanol–water partition coefficient (Wildman–Crippen LogP) is 5.97. The van der Waals surface area contributed by atoms with Crippen molar-refractivity contribution >= 4 is 22.1 Å². The second-order valence-electron chi connectivity index (χ2n) is 9.91. The highest BCUT2D eigenvalue weighted by Crippen LogP contribution is 2.35. The second kappa shape index (κ2) is 9.59. The number of hydrogen-bond donors (Lipinski definition) is 2. The average Bonchev–Trinajstić information content (AvgIpc) is 3.72. The van der Waals surface area contributed by atoms with Crippen LogP contribution in [0.15, 0.2) is 67.1 Å². The number of H-pyrrole nitrogens is 2. The molecule has 1 aromatic carbocycles. The van der Waals surface area contributed by atoms with E-state index in [2.05, 4.69) is 36.1 Å². The summed E-state index contributed by atoms with van der Waals surface area (Å²) in [5.74, 6) is 0.0961. The smallest absolute Gasteiger partial charge is 0.138 e. The fourth-order valence-corrected chi connectivity index (χ4v) is 5.40. The molecule has 0 atom stereocenters. The fourth-order valence-electron chi connectivity index (χ4n) is 5.40. The highest BCUT2D eigenvalue weighted by atomic mass is 19.1. The van der Waals surface area contributed by atoms with E-state index in [0.717, 1.165) is 58.6 Å². The Labute approximate surface area is 223 Å². The first-order valence-corrected chi connectivity index (χ1v) is 13.0. The van der Waals surface area contributed by atoms with E-state index in [0.29, 0.717) is 22.7 Å². The summed E-state index contributed by atoms with van der Waals surface area (Å²) in [5.41, 5.74) is 8.26. The van der Waals surface area contributed by atoms with Gasteiger partial charge in [-0.1, -0.05) is 0 Å². The Morgan fingerprint density at radius 1 is 1.00 bits per heavy atom. The van der Waals surface area contributed by atoms with Crippen LogP contribution in [-0.2, 0) is 6.54 Å². The molecule has 1 aliphatic heterocycles. The highest BCUT2D eigenvalue weighted by molar-refractivity contribution is 5.99. The van der Waals surface area contributed by atoms with Crippen LogP contribution in [0.5, 0.6) is 5.75 Å². The average molecular weight is 520 g/mol. The lowest BCUT2D eigenvalue weighted by Crippen LogP contribution is -2.18. The summed E-state index contributed by atoms with van der Waals surface area (Å²) < 4.78 is 19.6. The first-order valence-electron chi connectivity index (χ1n) is 13.0. The summed E-state index contributed by atoms with van der Waals surface area (Å²) in [6.07, 6.45) is 8.02. The molecule has 6 aromatic rings. The zero-order chi connectivity index (χ0) is 26.3. The highest BCUT2D eigenvalue weighted by Gasteiger charge is 2.17. The van der Waals surface area contributed by atoms with Crippen molar-refractivity contribution in [3.63, 3.8) is 0 Å². The van der Waals surface area contributed by atoms with Crippen LogP contribution in [0.4, 0.5) is 4.39 Å². The summed E-state index contributed by atoms with van der Waals surface area (Å²) in [7, 11) is 1.53. The Bertz CT molecular complexity index is 1820. The number of aromatic amines is 2. The van der Waals surface area contributed by atoms with Crippen molar-refractivity contribution in [3.8, 4) is 39.5 Å². The second-order valence-corrected chi connectivity index (χ2v) is 9.91. The number of fused-ring (bicyclic) bond motifs is 2. The SMILES string of the molecule is COc1cc(F)cc(-c2ccnc3[nH]c(-c4n[nH]c5ccc(-c6cncc(CN7CCCC7)c6)nc45)cc23)c1. The third-order valence-corrected chi connectivity index (χ3v) is 7.31. The molecule has 0 unspecified atom stereocenters. The molecule has 9 heteroatoms. The minimum absolute atomic E-state index is 0.362. The van der Waals surface area contributed by atoms with Gasteiger partial charge in [-0.3, -0.25) is 15.0 Å². The number of methoxy groups -OCH3 is 1. The topological polar surface area (TPSA) is 95.6 Å². The number of hydrogen-bond acceptors (Lipinski definition) is 6. The number of likely N-dealkylation sites (tertiary alicyclic amines) is 1. The van der Waals surface area contributed by atoms with Crippen LogP contribution < -0.4 is 4.74 Å². The zero-order valence-corrected chi connectivity index (χ0v) is 21.4. The number of ether oxygens (including phenoxy) is 1. The van der Waals surface area contributed by atoms with Crippen molar-refractivity contribution in [1.29, 1.82) is 0 Å². The van der Waals surface area contributed by atoms with E-state index in [1.54, 1.807) is 6.20 Å². The first-order chi connectivity index (χ1) is 19.1. The molecule has 0 saturated carbocycles. The molecule has 0 aliphatic carbocycles. The minimum atomic E-state index is -0.362. The van der Waals surface area contributed by atoms with E-state index < -0.39 is 0 Å².